The van der Waals surface area contributed by atoms with Crippen LogP contribution in [0.2, 0.25) is 0 Å². The Labute approximate surface area is 125 Å². The lowest BCUT2D eigenvalue weighted by atomic mass is 10.2. The summed E-state index contributed by atoms with van der Waals surface area (Å²) in [5, 5.41) is 4.09. The Morgan fingerprint density at radius 3 is 2.76 bits per heavy atom. The lowest BCUT2D eigenvalue weighted by molar-refractivity contribution is -0.140. The molecule has 0 saturated heterocycles. The average molecular weight is 321 g/mol. The number of alkyl halides is 3. The van der Waals surface area contributed by atoms with Gasteiger partial charge in [0.25, 0.3) is 0 Å². The molecule has 0 radical (unpaired) electrons. The van der Waals surface area contributed by atoms with Crippen LogP contribution in [0.3, 0.4) is 0 Å². The number of rotatable bonds is 5. The third kappa shape index (κ3) is 4.33. The van der Waals surface area contributed by atoms with Crippen molar-refractivity contribution in [3.63, 3.8) is 0 Å². The number of hydrogen-bond acceptors (Lipinski definition) is 3. The van der Waals surface area contributed by atoms with Crippen LogP contribution in [0.5, 0.6) is 0 Å². The number of urea groups is 1. The van der Waals surface area contributed by atoms with Gasteiger partial charge in [-0.05, 0) is 25.7 Å². The summed E-state index contributed by atoms with van der Waals surface area (Å²) < 4.78 is 37.2. The molecule has 2 amide bonds. The molecule has 1 aromatic rings. The van der Waals surface area contributed by atoms with Crippen LogP contribution in [0.25, 0.3) is 0 Å². The zero-order valence-corrected chi connectivity index (χ0v) is 12.7. The molecule has 1 N–H and O–H groups in total. The van der Waals surface area contributed by atoms with Crippen molar-refractivity contribution in [2.75, 3.05) is 13.6 Å². The standard InChI is InChI=1S/C13H18F3N3OS/c1-8(9-3-4-9)19(2)12(20)17-6-5-11-18-10(7-21-11)13(14,15)16/h7-9H,3-6H2,1-2H3,(H,17,20). The number of thiazole rings is 1. The smallest absolute Gasteiger partial charge is 0.338 e. The second kappa shape index (κ2) is 6.21. The van der Waals surface area contributed by atoms with Crippen molar-refractivity contribution >= 4 is 17.4 Å². The van der Waals surface area contributed by atoms with E-state index in [1.165, 1.54) is 0 Å². The van der Waals surface area contributed by atoms with Gasteiger partial charge >= 0.3 is 12.2 Å². The normalized spacial score (nSPS) is 16.6. The first kappa shape index (κ1) is 16.1. The third-order valence-electron chi connectivity index (χ3n) is 3.69. The van der Waals surface area contributed by atoms with Gasteiger partial charge in [0.05, 0.1) is 5.01 Å². The molecule has 1 aliphatic carbocycles. The molecule has 1 atom stereocenters. The zero-order chi connectivity index (χ0) is 15.6. The van der Waals surface area contributed by atoms with Crippen LogP contribution in [-0.2, 0) is 12.6 Å². The molecule has 1 aromatic heterocycles. The van der Waals surface area contributed by atoms with Gasteiger partial charge in [0.15, 0.2) is 5.69 Å². The van der Waals surface area contributed by atoms with E-state index in [0.717, 1.165) is 29.6 Å². The van der Waals surface area contributed by atoms with E-state index in [1.54, 1.807) is 11.9 Å². The fourth-order valence-corrected chi connectivity index (χ4v) is 2.84. The summed E-state index contributed by atoms with van der Waals surface area (Å²) in [6, 6.07) is 0.00342. The molecule has 21 heavy (non-hydrogen) atoms. The van der Waals surface area contributed by atoms with Gasteiger partial charge in [0, 0.05) is 31.4 Å². The van der Waals surface area contributed by atoms with Crippen LogP contribution >= 0.6 is 11.3 Å². The zero-order valence-electron chi connectivity index (χ0n) is 11.9. The van der Waals surface area contributed by atoms with Gasteiger partial charge in [-0.1, -0.05) is 0 Å². The summed E-state index contributed by atoms with van der Waals surface area (Å²) in [6.07, 6.45) is -1.80. The quantitative estimate of drug-likeness (QED) is 0.905. The highest BCUT2D eigenvalue weighted by Crippen LogP contribution is 2.34. The Balaban J connectivity index is 1.76. The number of nitrogens with zero attached hydrogens (tertiary/aromatic N) is 2. The molecule has 4 nitrogen and oxygen atoms in total. The van der Waals surface area contributed by atoms with Gasteiger partial charge in [0.1, 0.15) is 0 Å². The maximum Gasteiger partial charge on any atom is 0.434 e. The van der Waals surface area contributed by atoms with Crippen LogP contribution in [0.4, 0.5) is 18.0 Å². The predicted octanol–water partition coefficient (Wildman–Crippen LogP) is 3.14. The Bertz CT molecular complexity index is 499. The molecule has 118 valence electrons. The number of carbonyl (C=O) groups excluding carboxylic acids is 1. The first-order valence-electron chi connectivity index (χ1n) is 6.81. The van der Waals surface area contributed by atoms with Crippen molar-refractivity contribution in [1.82, 2.24) is 15.2 Å². The van der Waals surface area contributed by atoms with Gasteiger partial charge in [-0.15, -0.1) is 11.3 Å². The number of hydrogen-bond donors (Lipinski definition) is 1. The summed E-state index contributed by atoms with van der Waals surface area (Å²) in [4.78, 5) is 17.1. The van der Waals surface area contributed by atoms with Crippen LogP contribution in [0, 0.1) is 5.92 Å². The number of amides is 2. The highest BCUT2D eigenvalue weighted by atomic mass is 32.1. The molecule has 1 unspecified atom stereocenters. The molecular formula is C13H18F3N3OS. The Kier molecular flexibility index (Phi) is 4.75. The van der Waals surface area contributed by atoms with E-state index >= 15 is 0 Å². The van der Waals surface area contributed by atoms with Gasteiger partial charge in [0.2, 0.25) is 0 Å². The highest BCUT2D eigenvalue weighted by molar-refractivity contribution is 7.09. The monoisotopic (exact) mass is 321 g/mol. The van der Waals surface area contributed by atoms with E-state index in [9.17, 15) is 18.0 Å². The summed E-state index contributed by atoms with van der Waals surface area (Å²) >= 11 is 0.962. The van der Waals surface area contributed by atoms with Gasteiger partial charge in [-0.2, -0.15) is 13.2 Å². The largest absolute Gasteiger partial charge is 0.434 e. The summed E-state index contributed by atoms with van der Waals surface area (Å²) in [5.41, 5.74) is -0.867. The Morgan fingerprint density at radius 1 is 1.57 bits per heavy atom. The maximum absolute atomic E-state index is 12.4. The number of halogens is 3. The summed E-state index contributed by atoms with van der Waals surface area (Å²) in [7, 11) is 1.74. The molecule has 0 aliphatic heterocycles. The predicted molar refractivity (Wildman–Crippen MR) is 74.2 cm³/mol. The first-order chi connectivity index (χ1) is 9.79. The van der Waals surface area contributed by atoms with Gasteiger partial charge in [-0.25, -0.2) is 9.78 Å². The summed E-state index contributed by atoms with van der Waals surface area (Å²) in [5.74, 6) is 0.578. The lowest BCUT2D eigenvalue weighted by Crippen LogP contribution is -2.43. The Hall–Kier alpha value is -1.31. The minimum atomic E-state index is -4.40. The number of aromatic nitrogens is 1. The molecule has 0 bridgehead atoms. The van der Waals surface area contributed by atoms with Crippen molar-refractivity contribution in [3.8, 4) is 0 Å². The van der Waals surface area contributed by atoms with Crippen molar-refractivity contribution < 1.29 is 18.0 Å². The second-order valence-corrected chi connectivity index (χ2v) is 6.24. The van der Waals surface area contributed by atoms with Crippen LogP contribution in [0.1, 0.15) is 30.5 Å². The molecule has 2 rings (SSSR count). The van der Waals surface area contributed by atoms with E-state index in [4.69, 9.17) is 0 Å². The van der Waals surface area contributed by atoms with E-state index in [2.05, 4.69) is 10.3 Å². The van der Waals surface area contributed by atoms with Crippen LogP contribution < -0.4 is 5.32 Å². The molecule has 8 heteroatoms. The van der Waals surface area contributed by atoms with Crippen LogP contribution in [0.15, 0.2) is 5.38 Å². The van der Waals surface area contributed by atoms with E-state index in [-0.39, 0.29) is 18.6 Å². The molecular weight excluding hydrogens is 303 g/mol. The van der Waals surface area contributed by atoms with Crippen molar-refractivity contribution in [3.05, 3.63) is 16.1 Å². The lowest BCUT2D eigenvalue weighted by Gasteiger charge is -2.25. The highest BCUT2D eigenvalue weighted by Gasteiger charge is 2.34. The number of carbonyl (C=O) groups is 1. The number of nitrogens with one attached hydrogen (secondary N) is 1. The fourth-order valence-electron chi connectivity index (χ4n) is 2.04. The molecule has 1 aliphatic rings. The fraction of sp³-hybridized carbons (Fsp3) is 0.692. The third-order valence-corrected chi connectivity index (χ3v) is 4.60. The summed E-state index contributed by atoms with van der Waals surface area (Å²) in [6.45, 7) is 2.29. The van der Waals surface area contributed by atoms with Gasteiger partial charge < -0.3 is 10.2 Å². The SMILES string of the molecule is CC(C1CC1)N(C)C(=O)NCCc1nc(C(F)(F)F)cs1. The van der Waals surface area contributed by atoms with Crippen molar-refractivity contribution in [2.24, 2.45) is 5.92 Å². The van der Waals surface area contributed by atoms with E-state index in [0.29, 0.717) is 17.3 Å². The van der Waals surface area contributed by atoms with E-state index < -0.39 is 11.9 Å². The first-order valence-corrected chi connectivity index (χ1v) is 7.69. The molecule has 1 heterocycles. The average Bonchev–Trinajstić information content (AvgIpc) is 3.14. The molecule has 1 saturated carbocycles. The van der Waals surface area contributed by atoms with E-state index in [1.807, 2.05) is 6.92 Å². The Morgan fingerprint density at radius 2 is 2.24 bits per heavy atom. The van der Waals surface area contributed by atoms with Gasteiger partial charge in [-0.3, -0.25) is 0 Å². The maximum atomic E-state index is 12.4. The minimum Gasteiger partial charge on any atom is -0.338 e. The van der Waals surface area contributed by atoms with Crippen LogP contribution in [-0.4, -0.2) is 35.5 Å². The topological polar surface area (TPSA) is 45.2 Å². The molecule has 0 spiro atoms. The minimum absolute atomic E-state index is 0.193. The molecule has 0 aromatic carbocycles. The van der Waals surface area contributed by atoms with Crippen molar-refractivity contribution in [2.45, 2.75) is 38.4 Å². The molecule has 1 fully saturated rings. The second-order valence-electron chi connectivity index (χ2n) is 5.30. The van der Waals surface area contributed by atoms with Crippen molar-refractivity contribution in [1.29, 1.82) is 0 Å².